The summed E-state index contributed by atoms with van der Waals surface area (Å²) in [5.41, 5.74) is -6.56. The second kappa shape index (κ2) is 15.4. The van der Waals surface area contributed by atoms with Gasteiger partial charge >= 0.3 is 24.0 Å². The lowest BCUT2D eigenvalue weighted by molar-refractivity contribution is -0.428. The minimum atomic E-state index is -2.28. The predicted molar refractivity (Wildman–Crippen MR) is 208 cm³/mol. The average Bonchev–Trinajstić information content (AvgIpc) is 3.11. The Morgan fingerprint density at radius 2 is 1.71 bits per heavy atom. The zero-order valence-electron chi connectivity index (χ0n) is 35.9. The number of carbonyl (C=O) groups is 4. The number of hydrogen-bond acceptors (Lipinski definition) is 15. The van der Waals surface area contributed by atoms with Gasteiger partial charge in [0.2, 0.25) is 0 Å². The average molecular weight is 830 g/mol. The maximum Gasteiger partial charge on any atom is 0.408 e. The fraction of sp³-hybridized carbons (Fsp3) is 0.674. The molecule has 6 rings (SSSR count). The van der Waals surface area contributed by atoms with Crippen molar-refractivity contribution in [1.29, 1.82) is 0 Å². The first kappa shape index (κ1) is 44.3. The van der Waals surface area contributed by atoms with Crippen LogP contribution in [0.4, 0.5) is 4.79 Å². The highest BCUT2D eigenvalue weighted by Gasteiger charge is 2.84. The van der Waals surface area contributed by atoms with Crippen molar-refractivity contribution in [3.8, 4) is 11.5 Å². The van der Waals surface area contributed by atoms with Gasteiger partial charge in [-0.05, 0) is 70.9 Å². The Labute approximate surface area is 344 Å². The van der Waals surface area contributed by atoms with Gasteiger partial charge in [0.1, 0.15) is 40.5 Å². The third-order valence-electron chi connectivity index (χ3n) is 13.1. The van der Waals surface area contributed by atoms with Gasteiger partial charge in [-0.1, -0.05) is 32.4 Å². The third-order valence-corrected chi connectivity index (χ3v) is 13.1. The topological polar surface area (TPSA) is 215 Å². The summed E-state index contributed by atoms with van der Waals surface area (Å²) in [6.45, 7) is 16.5. The SMILES string of the molecule is COc1ccc(OC)c(C(=O)O[C@H]2[C@]3(OC(C)=O)[C@@H]4CO[C@@H]4C[C@H]4OC([C@H](O)C5=C(C)[C@@H](OC(=O)[C@H](O)[C@H](C=C(C)C)NC(=O)OC(C)(C)C)C[C@]2(O)C5(C)C)[C@]43C)c1. The quantitative estimate of drug-likeness (QED) is 0.150. The van der Waals surface area contributed by atoms with E-state index in [9.17, 15) is 34.5 Å². The molecular weight excluding hydrogens is 770 g/mol. The molecule has 0 spiro atoms. The fourth-order valence-corrected chi connectivity index (χ4v) is 10.2. The number of amides is 1. The zero-order valence-corrected chi connectivity index (χ0v) is 35.9. The van der Waals surface area contributed by atoms with Crippen LogP contribution in [0.1, 0.15) is 92.4 Å². The van der Waals surface area contributed by atoms with Gasteiger partial charge in [0, 0.05) is 25.2 Å². The van der Waals surface area contributed by atoms with Crippen molar-refractivity contribution in [3.05, 3.63) is 46.6 Å². The van der Waals surface area contributed by atoms with E-state index in [-0.39, 0.29) is 23.5 Å². The summed E-state index contributed by atoms with van der Waals surface area (Å²) >= 11 is 0. The first-order valence-corrected chi connectivity index (χ1v) is 19.9. The molecule has 2 bridgehead atoms. The predicted octanol–water partition coefficient (Wildman–Crippen LogP) is 3.71. The Balaban J connectivity index is 1.51. The smallest absolute Gasteiger partial charge is 0.408 e. The fourth-order valence-electron chi connectivity index (χ4n) is 10.2. The molecule has 59 heavy (non-hydrogen) atoms. The molecule has 2 saturated heterocycles. The molecule has 2 aliphatic heterocycles. The largest absolute Gasteiger partial charge is 0.497 e. The highest BCUT2D eigenvalue weighted by Crippen LogP contribution is 2.70. The minimum Gasteiger partial charge on any atom is -0.497 e. The minimum absolute atomic E-state index is 0.0506. The summed E-state index contributed by atoms with van der Waals surface area (Å²) in [6.07, 6.45) is -8.19. The molecule has 1 aromatic carbocycles. The Hall–Kier alpha value is -4.22. The van der Waals surface area contributed by atoms with Crippen molar-refractivity contribution < 1.29 is 72.4 Å². The van der Waals surface area contributed by atoms with Crippen LogP contribution in [0.15, 0.2) is 41.0 Å². The molecule has 4 N–H and O–H groups in total. The molecule has 1 amide bonds. The molecule has 16 nitrogen and oxygen atoms in total. The van der Waals surface area contributed by atoms with E-state index < -0.39 is 113 Å². The van der Waals surface area contributed by atoms with E-state index in [2.05, 4.69) is 5.32 Å². The normalized spacial score (nSPS) is 34.9. The number of benzene rings is 1. The van der Waals surface area contributed by atoms with E-state index in [0.717, 1.165) is 0 Å². The molecule has 12 atom stereocenters. The summed E-state index contributed by atoms with van der Waals surface area (Å²) in [5.74, 6) is -3.04. The monoisotopic (exact) mass is 829 g/mol. The standard InChI is InChI=1S/C43H59NO15/c1-20(2)15-26(44-38(50)59-39(5,6)7)32(46)36(49)55-29-18-42(51)37(57-35(48)24-16-23(52-11)13-14-27(24)53-12)43(58-22(4)45)25-19-54-28(25)17-30-41(43,10)34(56-30)33(47)31(21(29)3)40(42,8)9/h13-16,25-26,28-30,32-34,37,46-47,51H,17-19H2,1-12H3,(H,44,50)/t25-,26+,28-,29+,30-,32-,33-,34?,37-,41+,42-,43-/m1/s1. The van der Waals surface area contributed by atoms with E-state index in [1.165, 1.54) is 39.4 Å². The third kappa shape index (κ3) is 7.07. The van der Waals surface area contributed by atoms with Gasteiger partial charge < -0.3 is 58.5 Å². The van der Waals surface area contributed by atoms with E-state index >= 15 is 0 Å². The molecule has 2 saturated carbocycles. The van der Waals surface area contributed by atoms with E-state index in [4.69, 9.17) is 37.9 Å². The summed E-state index contributed by atoms with van der Waals surface area (Å²) in [6, 6.07) is 3.27. The number of methoxy groups -OCH3 is 2. The zero-order chi connectivity index (χ0) is 43.8. The number of aliphatic hydroxyl groups excluding tert-OH is 2. The molecular formula is C43H59NO15. The van der Waals surface area contributed by atoms with Crippen molar-refractivity contribution in [2.45, 2.75) is 148 Å². The summed E-state index contributed by atoms with van der Waals surface area (Å²) < 4.78 is 47.9. The molecule has 3 aliphatic carbocycles. The van der Waals surface area contributed by atoms with Gasteiger partial charge in [-0.2, -0.15) is 0 Å². The van der Waals surface area contributed by atoms with Crippen LogP contribution in [0, 0.1) is 16.7 Å². The van der Waals surface area contributed by atoms with Crippen LogP contribution in [0.2, 0.25) is 0 Å². The van der Waals surface area contributed by atoms with Crippen LogP contribution in [-0.2, 0) is 38.0 Å². The lowest BCUT2D eigenvalue weighted by atomic mass is 9.41. The van der Waals surface area contributed by atoms with Gasteiger partial charge in [-0.3, -0.25) is 4.79 Å². The number of fused-ring (bicyclic) bond motifs is 4. The highest BCUT2D eigenvalue weighted by molar-refractivity contribution is 5.93. The number of allylic oxidation sites excluding steroid dienone is 1. The number of ether oxygens (including phenoxy) is 8. The molecule has 326 valence electrons. The van der Waals surface area contributed by atoms with Gasteiger partial charge in [-0.15, -0.1) is 0 Å². The molecule has 2 heterocycles. The van der Waals surface area contributed by atoms with Crippen LogP contribution in [0.3, 0.4) is 0 Å². The highest BCUT2D eigenvalue weighted by atomic mass is 16.6. The number of nitrogens with one attached hydrogen (secondary N) is 1. The molecule has 0 radical (unpaired) electrons. The molecule has 1 aromatic rings. The molecule has 16 heteroatoms. The Bertz CT molecular complexity index is 1930. The Morgan fingerprint density at radius 3 is 2.27 bits per heavy atom. The molecule has 4 fully saturated rings. The Kier molecular flexibility index (Phi) is 11.5. The summed E-state index contributed by atoms with van der Waals surface area (Å²) in [4.78, 5) is 55.0. The lowest BCUT2D eigenvalue weighted by Crippen LogP contribution is -2.89. The number of hydrogen-bond donors (Lipinski definition) is 4. The Morgan fingerprint density at radius 1 is 1.03 bits per heavy atom. The van der Waals surface area contributed by atoms with Crippen molar-refractivity contribution in [3.63, 3.8) is 0 Å². The second-order valence-electron chi connectivity index (χ2n) is 18.4. The van der Waals surface area contributed by atoms with Gasteiger partial charge in [0.25, 0.3) is 0 Å². The number of carbonyl (C=O) groups excluding carboxylic acids is 4. The maximum absolute atomic E-state index is 14.7. The number of alkyl carbamates (subject to hydrolysis) is 1. The van der Waals surface area contributed by atoms with Gasteiger partial charge in [-0.25, -0.2) is 14.4 Å². The number of esters is 3. The van der Waals surface area contributed by atoms with Crippen LogP contribution in [0.25, 0.3) is 0 Å². The van der Waals surface area contributed by atoms with E-state index in [0.29, 0.717) is 23.3 Å². The van der Waals surface area contributed by atoms with E-state index in [1.54, 1.807) is 61.5 Å². The first-order chi connectivity index (χ1) is 27.4. The number of aliphatic hydroxyl groups is 3. The van der Waals surface area contributed by atoms with Crippen LogP contribution >= 0.6 is 0 Å². The summed E-state index contributed by atoms with van der Waals surface area (Å²) in [7, 11) is 2.81. The maximum atomic E-state index is 14.7. The molecule has 0 aromatic heterocycles. The van der Waals surface area contributed by atoms with Crippen LogP contribution < -0.4 is 14.8 Å². The van der Waals surface area contributed by atoms with E-state index in [1.807, 2.05) is 6.92 Å². The molecule has 1 unspecified atom stereocenters. The number of rotatable bonds is 10. The first-order valence-electron chi connectivity index (χ1n) is 19.9. The lowest BCUT2D eigenvalue weighted by Gasteiger charge is -2.75. The van der Waals surface area contributed by atoms with Crippen molar-refractivity contribution >= 4 is 24.0 Å². The van der Waals surface area contributed by atoms with Gasteiger partial charge in [0.05, 0.1) is 56.5 Å². The van der Waals surface area contributed by atoms with Crippen molar-refractivity contribution in [2.75, 3.05) is 20.8 Å². The second-order valence-corrected chi connectivity index (χ2v) is 18.4. The van der Waals surface area contributed by atoms with Crippen LogP contribution in [0.5, 0.6) is 11.5 Å². The summed E-state index contributed by atoms with van der Waals surface area (Å²) in [5, 5.41) is 40.2. The van der Waals surface area contributed by atoms with Crippen LogP contribution in [-0.4, -0.2) is 126 Å². The van der Waals surface area contributed by atoms with Gasteiger partial charge in [0.15, 0.2) is 17.8 Å². The van der Waals surface area contributed by atoms with Crippen molar-refractivity contribution in [1.82, 2.24) is 5.32 Å². The molecule has 5 aliphatic rings. The van der Waals surface area contributed by atoms with Crippen molar-refractivity contribution in [2.24, 2.45) is 16.7 Å².